The van der Waals surface area contributed by atoms with Crippen LogP contribution >= 0.6 is 0 Å². The molecule has 4 unspecified atom stereocenters. The van der Waals surface area contributed by atoms with E-state index in [4.69, 9.17) is 0 Å². The van der Waals surface area contributed by atoms with Gasteiger partial charge in [0.2, 0.25) is 17.7 Å². The maximum atomic E-state index is 13.6. The van der Waals surface area contributed by atoms with E-state index in [1.54, 1.807) is 30.5 Å². The second kappa shape index (κ2) is 13.0. The molecule has 1 fully saturated rings. The number of hydrogen-bond acceptors (Lipinski definition) is 6. The highest BCUT2D eigenvalue weighted by molar-refractivity contribution is 5.95. The quantitative estimate of drug-likeness (QED) is 0.174. The van der Waals surface area contributed by atoms with E-state index in [-0.39, 0.29) is 18.7 Å². The third-order valence-electron chi connectivity index (χ3n) is 6.82. The van der Waals surface area contributed by atoms with Gasteiger partial charge in [-0.3, -0.25) is 14.4 Å². The van der Waals surface area contributed by atoms with E-state index in [1.165, 1.54) is 0 Å². The van der Waals surface area contributed by atoms with Gasteiger partial charge in [0.25, 0.3) is 0 Å². The van der Waals surface area contributed by atoms with Crippen molar-refractivity contribution >= 4 is 34.6 Å². The maximum absolute atomic E-state index is 13.6. The number of carbonyl (C=O) groups is 4. The Hall–Kier alpha value is -4.22. The number of benzene rings is 2. The molecule has 3 amide bonds. The van der Waals surface area contributed by atoms with Crippen LogP contribution in [0.15, 0.2) is 60.8 Å². The number of carboxylic acid groups (broad SMARTS) is 1. The first-order chi connectivity index (χ1) is 18.9. The van der Waals surface area contributed by atoms with Gasteiger partial charge in [0, 0.05) is 29.9 Å². The van der Waals surface area contributed by atoms with Crippen LogP contribution in [0.4, 0.5) is 0 Å². The van der Waals surface area contributed by atoms with Crippen LogP contribution in [0.25, 0.3) is 10.9 Å². The summed E-state index contributed by atoms with van der Waals surface area (Å²) < 4.78 is 0. The van der Waals surface area contributed by atoms with Crippen LogP contribution in [0.3, 0.4) is 0 Å². The highest BCUT2D eigenvalue weighted by atomic mass is 16.4. The molecule has 11 nitrogen and oxygen atoms in total. The Balaban J connectivity index is 1.57. The van der Waals surface area contributed by atoms with E-state index < -0.39 is 48.6 Å². The van der Waals surface area contributed by atoms with E-state index in [2.05, 4.69) is 26.3 Å². The number of nitrogens with one attached hydrogen (secondary N) is 5. The number of fused-ring (bicyclic) bond motifs is 1. The standard InChI is InChI=1S/C28H33N5O6/c34-16-24(28(38)39)33-26(36)22(13-17-7-2-1-3-8-17)31-27(37)23(32-25(35)21-11-6-12-29-21)14-18-15-30-20-10-5-4-9-19(18)20/h1-5,7-10,15,21-24,29-30,34H,6,11-14,16H2,(H,31,37)(H,32,35)(H,33,36)(H,38,39). The molecule has 39 heavy (non-hydrogen) atoms. The van der Waals surface area contributed by atoms with E-state index in [1.807, 2.05) is 30.3 Å². The number of carbonyl (C=O) groups excluding carboxylic acids is 3. The Labute approximate surface area is 225 Å². The Morgan fingerprint density at radius 2 is 1.54 bits per heavy atom. The van der Waals surface area contributed by atoms with Crippen molar-refractivity contribution in [1.29, 1.82) is 0 Å². The molecule has 7 N–H and O–H groups in total. The van der Waals surface area contributed by atoms with Crippen LogP contribution in [0.1, 0.15) is 24.0 Å². The number of aromatic amines is 1. The molecular weight excluding hydrogens is 502 g/mol. The van der Waals surface area contributed by atoms with Crippen LogP contribution in [0.2, 0.25) is 0 Å². The van der Waals surface area contributed by atoms with Gasteiger partial charge in [-0.1, -0.05) is 48.5 Å². The molecule has 0 aliphatic carbocycles. The fourth-order valence-electron chi connectivity index (χ4n) is 4.70. The normalized spacial score (nSPS) is 17.2. The molecule has 0 radical (unpaired) electrons. The Bertz CT molecular complexity index is 1300. The van der Waals surface area contributed by atoms with Gasteiger partial charge in [-0.25, -0.2) is 4.79 Å². The zero-order valence-electron chi connectivity index (χ0n) is 21.4. The smallest absolute Gasteiger partial charge is 0.328 e. The molecule has 206 valence electrons. The van der Waals surface area contributed by atoms with Crippen LogP contribution < -0.4 is 21.3 Å². The summed E-state index contributed by atoms with van der Waals surface area (Å²) in [4.78, 5) is 54.3. The highest BCUT2D eigenvalue weighted by Gasteiger charge is 2.32. The number of aliphatic hydroxyl groups excluding tert-OH is 1. The average molecular weight is 536 g/mol. The van der Waals surface area contributed by atoms with Crippen molar-refractivity contribution < 1.29 is 29.4 Å². The van der Waals surface area contributed by atoms with Gasteiger partial charge in [-0.2, -0.15) is 0 Å². The second-order valence-corrected chi connectivity index (χ2v) is 9.61. The fraction of sp³-hybridized carbons (Fsp3) is 0.357. The van der Waals surface area contributed by atoms with Crippen molar-refractivity contribution in [3.05, 3.63) is 71.9 Å². The van der Waals surface area contributed by atoms with Crippen molar-refractivity contribution in [1.82, 2.24) is 26.3 Å². The minimum atomic E-state index is -1.53. The number of rotatable bonds is 12. The average Bonchev–Trinajstić information content (AvgIpc) is 3.62. The summed E-state index contributed by atoms with van der Waals surface area (Å²) >= 11 is 0. The minimum absolute atomic E-state index is 0.0775. The van der Waals surface area contributed by atoms with Crippen molar-refractivity contribution in [2.75, 3.05) is 13.2 Å². The number of hydrogen-bond donors (Lipinski definition) is 7. The molecule has 4 atom stereocenters. The molecule has 2 aromatic carbocycles. The summed E-state index contributed by atoms with van der Waals surface area (Å²) in [6.45, 7) is -0.0902. The SMILES string of the molecule is O=C(O)C(CO)NC(=O)C(Cc1ccccc1)NC(=O)C(Cc1c[nH]c2ccccc12)NC(=O)C1CCCN1. The predicted molar refractivity (Wildman–Crippen MR) is 144 cm³/mol. The van der Waals surface area contributed by atoms with Crippen molar-refractivity contribution in [3.8, 4) is 0 Å². The van der Waals surface area contributed by atoms with E-state index >= 15 is 0 Å². The minimum Gasteiger partial charge on any atom is -0.480 e. The van der Waals surface area contributed by atoms with Gasteiger partial charge in [0.05, 0.1) is 12.6 Å². The largest absolute Gasteiger partial charge is 0.480 e. The molecular formula is C28H33N5O6. The Kier molecular flexibility index (Phi) is 9.29. The molecule has 2 heterocycles. The van der Waals surface area contributed by atoms with Crippen molar-refractivity contribution in [3.63, 3.8) is 0 Å². The van der Waals surface area contributed by atoms with Crippen LogP contribution in [-0.2, 0) is 32.0 Å². The van der Waals surface area contributed by atoms with E-state index in [9.17, 15) is 29.4 Å². The van der Waals surface area contributed by atoms with Crippen molar-refractivity contribution in [2.45, 2.75) is 49.9 Å². The molecule has 0 bridgehead atoms. The number of para-hydroxylation sites is 1. The summed E-state index contributed by atoms with van der Waals surface area (Å²) in [5.41, 5.74) is 2.45. The molecule has 1 aromatic heterocycles. The van der Waals surface area contributed by atoms with Crippen LogP contribution in [-0.4, -0.2) is 76.2 Å². The topological polar surface area (TPSA) is 173 Å². The summed E-state index contributed by atoms with van der Waals surface area (Å²) in [7, 11) is 0. The third kappa shape index (κ3) is 7.21. The van der Waals surface area contributed by atoms with E-state index in [0.717, 1.165) is 28.5 Å². The lowest BCUT2D eigenvalue weighted by molar-refractivity contribution is -0.143. The van der Waals surface area contributed by atoms with Crippen molar-refractivity contribution in [2.24, 2.45) is 0 Å². The lowest BCUT2D eigenvalue weighted by Crippen LogP contribution is -2.58. The number of aromatic nitrogens is 1. The number of aliphatic carboxylic acids is 1. The van der Waals surface area contributed by atoms with Gasteiger partial charge in [-0.15, -0.1) is 0 Å². The molecule has 4 rings (SSSR count). The summed E-state index contributed by atoms with van der Waals surface area (Å²) in [6, 6.07) is 12.5. The predicted octanol–water partition coefficient (Wildman–Crippen LogP) is 0.236. The third-order valence-corrected chi connectivity index (χ3v) is 6.82. The first-order valence-electron chi connectivity index (χ1n) is 12.9. The lowest BCUT2D eigenvalue weighted by Gasteiger charge is -2.25. The zero-order chi connectivity index (χ0) is 27.8. The Morgan fingerprint density at radius 3 is 2.21 bits per heavy atom. The lowest BCUT2D eigenvalue weighted by atomic mass is 10.0. The van der Waals surface area contributed by atoms with E-state index in [0.29, 0.717) is 13.0 Å². The fourth-order valence-corrected chi connectivity index (χ4v) is 4.70. The number of carboxylic acids is 1. The van der Waals surface area contributed by atoms with Gasteiger partial charge in [0.15, 0.2) is 0 Å². The summed E-state index contributed by atoms with van der Waals surface area (Å²) in [5, 5.41) is 30.5. The molecule has 1 saturated heterocycles. The molecule has 1 aliphatic heterocycles. The summed E-state index contributed by atoms with van der Waals surface area (Å²) in [5.74, 6) is -3.05. The molecule has 11 heteroatoms. The highest BCUT2D eigenvalue weighted by Crippen LogP contribution is 2.19. The zero-order valence-corrected chi connectivity index (χ0v) is 21.4. The first-order valence-corrected chi connectivity index (χ1v) is 12.9. The molecule has 0 saturated carbocycles. The number of aliphatic hydroxyl groups is 1. The Morgan fingerprint density at radius 1 is 0.872 bits per heavy atom. The number of amides is 3. The van der Waals surface area contributed by atoms with Gasteiger partial charge in [0.1, 0.15) is 18.1 Å². The van der Waals surface area contributed by atoms with Crippen LogP contribution in [0.5, 0.6) is 0 Å². The molecule has 1 aliphatic rings. The monoisotopic (exact) mass is 535 g/mol. The summed E-state index contributed by atoms with van der Waals surface area (Å²) in [6.07, 6.45) is 3.55. The van der Waals surface area contributed by atoms with Gasteiger partial charge >= 0.3 is 5.97 Å². The molecule has 3 aromatic rings. The van der Waals surface area contributed by atoms with Gasteiger partial charge in [-0.05, 0) is 36.6 Å². The van der Waals surface area contributed by atoms with Gasteiger partial charge < -0.3 is 36.5 Å². The molecule has 0 spiro atoms. The second-order valence-electron chi connectivity index (χ2n) is 9.61. The number of H-pyrrole nitrogens is 1. The van der Waals surface area contributed by atoms with Crippen LogP contribution in [0, 0.1) is 0 Å². The first kappa shape index (κ1) is 27.8. The maximum Gasteiger partial charge on any atom is 0.328 e.